The van der Waals surface area contributed by atoms with Gasteiger partial charge < -0.3 is 30.6 Å². The number of non-ortho nitro benzene ring substituents is 2. The second-order valence-electron chi connectivity index (χ2n) is 10.2. The van der Waals surface area contributed by atoms with Crippen molar-refractivity contribution in [2.24, 2.45) is 5.92 Å². The van der Waals surface area contributed by atoms with Crippen molar-refractivity contribution in [3.63, 3.8) is 0 Å². The third kappa shape index (κ3) is 6.80. The average molecular weight is 652 g/mol. The highest BCUT2D eigenvalue weighted by atomic mass is 32.2. The van der Waals surface area contributed by atoms with Crippen LogP contribution in [0.1, 0.15) is 24.5 Å². The Morgan fingerprint density at radius 1 is 0.957 bits per heavy atom. The van der Waals surface area contributed by atoms with Crippen LogP contribution in [0.5, 0.6) is 0 Å². The molecule has 18 heteroatoms. The fourth-order valence-electron chi connectivity index (χ4n) is 4.96. The summed E-state index contributed by atoms with van der Waals surface area (Å²) in [6, 6.07) is 11.6. The van der Waals surface area contributed by atoms with Crippen molar-refractivity contribution >= 4 is 52.8 Å². The lowest BCUT2D eigenvalue weighted by molar-refractivity contribution is -0.385. The Hall–Kier alpha value is -5.78. The van der Waals surface area contributed by atoms with Crippen LogP contribution in [0.15, 0.2) is 70.4 Å². The summed E-state index contributed by atoms with van der Waals surface area (Å²) in [5.74, 6) is -1.95. The van der Waals surface area contributed by atoms with Crippen molar-refractivity contribution in [1.82, 2.24) is 14.9 Å². The van der Waals surface area contributed by atoms with E-state index in [2.05, 4.69) is 9.97 Å². The first-order valence-corrected chi connectivity index (χ1v) is 14.3. The summed E-state index contributed by atoms with van der Waals surface area (Å²) >= 11 is 0.982. The molecule has 3 atom stereocenters. The highest BCUT2D eigenvalue weighted by Gasteiger charge is 2.58. The van der Waals surface area contributed by atoms with Gasteiger partial charge in [-0.25, -0.2) is 19.6 Å². The zero-order valence-corrected chi connectivity index (χ0v) is 24.7. The van der Waals surface area contributed by atoms with Crippen molar-refractivity contribution in [2.75, 3.05) is 11.5 Å². The molecule has 238 valence electrons. The van der Waals surface area contributed by atoms with Gasteiger partial charge in [0, 0.05) is 41.7 Å². The average Bonchev–Trinajstić information content (AvgIpc) is 3.32. The van der Waals surface area contributed by atoms with E-state index in [1.807, 2.05) is 0 Å². The van der Waals surface area contributed by atoms with Crippen molar-refractivity contribution in [2.45, 2.75) is 43.9 Å². The molecule has 2 aromatic carbocycles. The summed E-state index contributed by atoms with van der Waals surface area (Å²) in [5, 5.41) is 21.9. The number of hydrogen-bond acceptors (Lipinski definition) is 15. The zero-order chi connectivity index (χ0) is 33.1. The van der Waals surface area contributed by atoms with Crippen LogP contribution < -0.4 is 11.5 Å². The Morgan fingerprint density at radius 2 is 1.48 bits per heavy atom. The first-order valence-electron chi connectivity index (χ1n) is 13.5. The lowest BCUT2D eigenvalue weighted by Crippen LogP contribution is -2.62. The number of fused-ring (bicyclic) bond motifs is 1. The molecule has 2 aliphatic rings. The Bertz CT molecular complexity index is 1730. The number of benzene rings is 2. The monoisotopic (exact) mass is 651 g/mol. The predicted octanol–water partition coefficient (Wildman–Crippen LogP) is 3.48. The van der Waals surface area contributed by atoms with Gasteiger partial charge in [-0.05, 0) is 42.3 Å². The number of nitrogens with zero attached hydrogens (tertiary/aromatic N) is 5. The standard InChI is InChI=1S/C28H25N7O10S/c1-14(45-28(38)44-13-16-4-8-18(9-5-16)35(41)42)23-19-10-20(46-27-31-21(29)11-22(30)32-27)24(33(19)25(23)36)26(37)43-12-15-2-6-17(7-3-15)34(39)40/h2-9,11,14,19,23H,10,12-13H2,1H3,(H4,29,30,31,32)/t14-,19+,23?/m1/s1. The first-order chi connectivity index (χ1) is 21.9. The van der Waals surface area contributed by atoms with Gasteiger partial charge in [0.15, 0.2) is 5.16 Å². The number of nitrogens with two attached hydrogens (primary N) is 2. The number of amides is 1. The van der Waals surface area contributed by atoms with Gasteiger partial charge >= 0.3 is 12.1 Å². The van der Waals surface area contributed by atoms with Crippen LogP contribution >= 0.6 is 11.8 Å². The van der Waals surface area contributed by atoms with E-state index in [0.29, 0.717) is 16.0 Å². The molecular weight excluding hydrogens is 626 g/mol. The zero-order valence-electron chi connectivity index (χ0n) is 23.9. The number of hydrogen-bond donors (Lipinski definition) is 2. The Labute approximate surface area is 263 Å². The van der Waals surface area contributed by atoms with Crippen LogP contribution in [-0.4, -0.2) is 54.9 Å². The number of ether oxygens (including phenoxy) is 3. The third-order valence-electron chi connectivity index (χ3n) is 7.13. The van der Waals surface area contributed by atoms with E-state index in [1.165, 1.54) is 66.4 Å². The fourth-order valence-corrected chi connectivity index (χ4v) is 6.02. The van der Waals surface area contributed by atoms with Crippen LogP contribution in [-0.2, 0) is 37.0 Å². The van der Waals surface area contributed by atoms with Gasteiger partial charge in [0.1, 0.15) is 36.7 Å². The molecule has 0 radical (unpaired) electrons. The highest BCUT2D eigenvalue weighted by molar-refractivity contribution is 8.03. The number of carbonyl (C=O) groups is 3. The van der Waals surface area contributed by atoms with E-state index < -0.39 is 45.9 Å². The normalized spacial score (nSPS) is 17.5. The Kier molecular flexibility index (Phi) is 8.99. The molecule has 17 nitrogen and oxygen atoms in total. The molecule has 1 amide bonds. The van der Waals surface area contributed by atoms with Gasteiger partial charge in [-0.3, -0.25) is 25.0 Å². The van der Waals surface area contributed by atoms with Crippen molar-refractivity contribution in [3.05, 3.63) is 96.6 Å². The van der Waals surface area contributed by atoms with Crippen LogP contribution in [0.3, 0.4) is 0 Å². The summed E-state index contributed by atoms with van der Waals surface area (Å²) in [7, 11) is 0. The van der Waals surface area contributed by atoms with E-state index >= 15 is 0 Å². The molecule has 0 bridgehead atoms. The van der Waals surface area contributed by atoms with Crippen LogP contribution in [0.4, 0.5) is 27.8 Å². The van der Waals surface area contributed by atoms with Crippen LogP contribution in [0, 0.1) is 26.1 Å². The summed E-state index contributed by atoms with van der Waals surface area (Å²) in [4.78, 5) is 69.8. The lowest BCUT2D eigenvalue weighted by atomic mass is 9.83. The molecule has 3 heterocycles. The van der Waals surface area contributed by atoms with E-state index in [1.54, 1.807) is 0 Å². The first kappa shape index (κ1) is 31.6. The van der Waals surface area contributed by atoms with E-state index in [4.69, 9.17) is 25.7 Å². The van der Waals surface area contributed by atoms with Crippen molar-refractivity contribution < 1.29 is 38.4 Å². The van der Waals surface area contributed by atoms with E-state index in [0.717, 1.165) is 11.8 Å². The van der Waals surface area contributed by atoms with Gasteiger partial charge in [0.05, 0.1) is 21.8 Å². The topological polar surface area (TPSA) is 246 Å². The smallest absolute Gasteiger partial charge is 0.456 e. The SMILES string of the molecule is C[C@@H](OC(=O)OCc1ccc([N+](=O)[O-])cc1)C1C(=O)N2C(C(=O)OCc3ccc([N+](=O)[O-])cc3)=C(Sc3nc(N)cc(N)n3)C[C@@H]12. The van der Waals surface area contributed by atoms with Gasteiger partial charge in [0.25, 0.3) is 11.4 Å². The molecule has 0 aliphatic carbocycles. The minimum Gasteiger partial charge on any atom is -0.456 e. The van der Waals surface area contributed by atoms with Gasteiger partial charge in [0.2, 0.25) is 5.91 Å². The van der Waals surface area contributed by atoms with Gasteiger partial charge in [-0.15, -0.1) is 0 Å². The van der Waals surface area contributed by atoms with E-state index in [-0.39, 0.29) is 53.5 Å². The number of nitro benzene ring substituents is 2. The molecule has 5 rings (SSSR count). The molecule has 2 aliphatic heterocycles. The number of anilines is 2. The Balaban J connectivity index is 1.27. The summed E-state index contributed by atoms with van der Waals surface area (Å²) in [6.07, 6.45) is -1.82. The maximum Gasteiger partial charge on any atom is 0.508 e. The summed E-state index contributed by atoms with van der Waals surface area (Å²) in [5.41, 5.74) is 12.3. The molecule has 1 fully saturated rings. The fraction of sp³-hybridized carbons (Fsp3) is 0.250. The number of β-lactam (4-membered cyclic amide) rings is 1. The summed E-state index contributed by atoms with van der Waals surface area (Å²) in [6.45, 7) is 1.08. The number of aromatic nitrogens is 2. The minimum atomic E-state index is -1.05. The summed E-state index contributed by atoms with van der Waals surface area (Å²) < 4.78 is 16.0. The molecule has 0 saturated carbocycles. The molecule has 1 unspecified atom stereocenters. The number of nitrogen functional groups attached to an aromatic ring is 2. The lowest BCUT2D eigenvalue weighted by Gasteiger charge is -2.45. The Morgan fingerprint density at radius 3 is 2.00 bits per heavy atom. The molecule has 1 saturated heterocycles. The second-order valence-corrected chi connectivity index (χ2v) is 11.2. The molecular formula is C28H25N7O10S. The number of esters is 1. The molecule has 3 aromatic rings. The quantitative estimate of drug-likeness (QED) is 0.0990. The second kappa shape index (κ2) is 13.1. The van der Waals surface area contributed by atoms with Crippen molar-refractivity contribution in [1.29, 1.82) is 0 Å². The van der Waals surface area contributed by atoms with Gasteiger partial charge in [-0.2, -0.15) is 0 Å². The molecule has 0 spiro atoms. The molecule has 46 heavy (non-hydrogen) atoms. The van der Waals surface area contributed by atoms with E-state index in [9.17, 15) is 34.6 Å². The molecule has 4 N–H and O–H groups in total. The van der Waals surface area contributed by atoms with Crippen LogP contribution in [0.2, 0.25) is 0 Å². The van der Waals surface area contributed by atoms with Crippen molar-refractivity contribution in [3.8, 4) is 0 Å². The third-order valence-corrected chi connectivity index (χ3v) is 8.10. The highest BCUT2D eigenvalue weighted by Crippen LogP contribution is 2.49. The maximum atomic E-state index is 13.4. The largest absolute Gasteiger partial charge is 0.508 e. The van der Waals surface area contributed by atoms with Gasteiger partial charge in [-0.1, -0.05) is 11.8 Å². The number of thioether (sulfide) groups is 1. The predicted molar refractivity (Wildman–Crippen MR) is 159 cm³/mol. The number of nitro groups is 2. The molecule has 1 aromatic heterocycles. The number of rotatable bonds is 11. The minimum absolute atomic E-state index is 0.0456. The van der Waals surface area contributed by atoms with Crippen LogP contribution in [0.25, 0.3) is 0 Å². The maximum absolute atomic E-state index is 13.4. The number of carbonyl (C=O) groups excluding carboxylic acids is 3.